The number of H-pyrrole nitrogens is 1. The molecule has 10 heavy (non-hydrogen) atoms. The lowest BCUT2D eigenvalue weighted by Gasteiger charge is -2.01. The number of aromatic amines is 1. The molecule has 0 fully saturated rings. The minimum Gasteiger partial charge on any atom is -0.363 e. The molecule has 1 aromatic rings. The van der Waals surface area contributed by atoms with Gasteiger partial charge in [-0.25, -0.2) is 3.93 Å². The fraction of sp³-hybridized carbons (Fsp3) is 0.167. The van der Waals surface area contributed by atoms with E-state index in [9.17, 15) is 4.79 Å². The van der Waals surface area contributed by atoms with Crippen molar-refractivity contribution in [3.05, 3.63) is 18.0 Å². The first kappa shape index (κ1) is 5.97. The lowest BCUT2D eigenvalue weighted by Crippen LogP contribution is -2.13. The van der Waals surface area contributed by atoms with E-state index in [2.05, 4.69) is 21.1 Å². The Morgan fingerprint density at radius 3 is 3.20 bits per heavy atom. The second-order valence-corrected chi connectivity index (χ2v) is 2.90. The van der Waals surface area contributed by atoms with Gasteiger partial charge in [-0.2, -0.15) is 0 Å². The number of carbonyl (C=O) groups excluding carboxylic acids is 1. The van der Waals surface area contributed by atoms with Gasteiger partial charge in [-0.05, 0) is 6.07 Å². The van der Waals surface area contributed by atoms with E-state index in [0.29, 0.717) is 6.42 Å². The average molecular weight is 201 g/mol. The number of hydrogen-bond donors (Lipinski definition) is 1. The number of carbonyl (C=O) groups is 1. The Labute approximate surface area is 66.4 Å². The molecule has 2 heterocycles. The maximum Gasteiger partial charge on any atom is 0.243 e. The van der Waals surface area contributed by atoms with Crippen LogP contribution in [0.4, 0.5) is 5.69 Å². The first-order valence-corrected chi connectivity index (χ1v) is 3.65. The fourth-order valence-electron chi connectivity index (χ4n) is 1.08. The van der Waals surface area contributed by atoms with Crippen LogP contribution in [-0.2, 0) is 11.2 Å². The van der Waals surface area contributed by atoms with Gasteiger partial charge in [0, 0.05) is 11.9 Å². The Bertz CT molecular complexity index is 281. The zero-order valence-electron chi connectivity index (χ0n) is 5.10. The molecule has 0 unspecified atom stereocenters. The lowest BCUT2D eigenvalue weighted by molar-refractivity contribution is -0.116. The summed E-state index contributed by atoms with van der Waals surface area (Å²) in [6, 6.07) is 1.87. The highest BCUT2D eigenvalue weighted by Gasteiger charge is 2.25. The number of anilines is 1. The van der Waals surface area contributed by atoms with Crippen LogP contribution in [0.25, 0.3) is 0 Å². The first-order valence-electron chi connectivity index (χ1n) is 2.94. The normalized spacial score (nSPS) is 16.1. The number of rotatable bonds is 0. The molecule has 0 radical (unpaired) electrons. The zero-order chi connectivity index (χ0) is 7.14. The van der Waals surface area contributed by atoms with Crippen LogP contribution in [0.15, 0.2) is 12.3 Å². The Hall–Kier alpha value is -0.770. The molecular weight excluding hydrogens is 196 g/mol. The van der Waals surface area contributed by atoms with Crippen molar-refractivity contribution in [3.63, 3.8) is 0 Å². The third kappa shape index (κ3) is 0.623. The van der Waals surface area contributed by atoms with Crippen LogP contribution in [0, 0.1) is 0 Å². The van der Waals surface area contributed by atoms with Gasteiger partial charge < -0.3 is 4.98 Å². The molecule has 0 aliphatic carbocycles. The topological polar surface area (TPSA) is 36.1 Å². The molecule has 0 saturated heterocycles. The van der Waals surface area contributed by atoms with Gasteiger partial charge in [0.25, 0.3) is 0 Å². The summed E-state index contributed by atoms with van der Waals surface area (Å²) in [7, 11) is 0. The Morgan fingerprint density at radius 1 is 1.70 bits per heavy atom. The number of nitrogens with one attached hydrogen (secondary N) is 1. The van der Waals surface area contributed by atoms with Crippen LogP contribution < -0.4 is 3.93 Å². The second kappa shape index (κ2) is 1.85. The van der Waals surface area contributed by atoms with Gasteiger partial charge in [0.2, 0.25) is 5.91 Å². The van der Waals surface area contributed by atoms with E-state index < -0.39 is 0 Å². The van der Waals surface area contributed by atoms with E-state index in [1.807, 2.05) is 12.3 Å². The van der Waals surface area contributed by atoms with Crippen LogP contribution in [-0.4, -0.2) is 10.9 Å². The second-order valence-electron chi connectivity index (χ2n) is 2.19. The van der Waals surface area contributed by atoms with Gasteiger partial charge in [0.1, 0.15) is 0 Å². The maximum atomic E-state index is 11.0. The molecule has 1 amide bonds. The van der Waals surface area contributed by atoms with E-state index in [0.717, 1.165) is 11.4 Å². The Morgan fingerprint density at radius 2 is 2.50 bits per heavy atom. The van der Waals surface area contributed by atoms with E-state index in [-0.39, 0.29) is 5.91 Å². The highest BCUT2D eigenvalue weighted by atomic mass is 79.9. The fourth-order valence-corrected chi connectivity index (χ4v) is 1.53. The predicted molar refractivity (Wildman–Crippen MR) is 40.9 cm³/mol. The van der Waals surface area contributed by atoms with Gasteiger partial charge in [0.05, 0.1) is 28.3 Å². The molecule has 0 spiro atoms. The van der Waals surface area contributed by atoms with Crippen molar-refractivity contribution in [2.75, 3.05) is 3.93 Å². The number of fused-ring (bicyclic) bond motifs is 1. The predicted octanol–water partition coefficient (Wildman–Crippen LogP) is 1.21. The smallest absolute Gasteiger partial charge is 0.243 e. The molecule has 0 aromatic carbocycles. The van der Waals surface area contributed by atoms with Crippen molar-refractivity contribution in [2.45, 2.75) is 6.42 Å². The molecule has 2 rings (SSSR count). The van der Waals surface area contributed by atoms with E-state index in [1.165, 1.54) is 3.93 Å². The third-order valence-electron chi connectivity index (χ3n) is 1.57. The van der Waals surface area contributed by atoms with Crippen molar-refractivity contribution < 1.29 is 4.79 Å². The van der Waals surface area contributed by atoms with E-state index in [1.54, 1.807) is 0 Å². The SMILES string of the molecule is O=C1Cc2[nH]ccc2N1Br. The van der Waals surface area contributed by atoms with Crippen LogP contribution in [0.5, 0.6) is 0 Å². The zero-order valence-corrected chi connectivity index (χ0v) is 6.68. The van der Waals surface area contributed by atoms with Crippen molar-refractivity contribution >= 4 is 27.7 Å². The maximum absolute atomic E-state index is 11.0. The number of amides is 1. The molecule has 1 N–H and O–H groups in total. The molecule has 1 aliphatic heterocycles. The van der Waals surface area contributed by atoms with E-state index >= 15 is 0 Å². The van der Waals surface area contributed by atoms with Crippen molar-refractivity contribution in [1.29, 1.82) is 0 Å². The Balaban J connectivity index is 2.52. The lowest BCUT2D eigenvalue weighted by atomic mass is 10.3. The highest BCUT2D eigenvalue weighted by Crippen LogP contribution is 2.29. The van der Waals surface area contributed by atoms with Gasteiger partial charge in [0.15, 0.2) is 0 Å². The van der Waals surface area contributed by atoms with Crippen molar-refractivity contribution in [3.8, 4) is 0 Å². The van der Waals surface area contributed by atoms with Gasteiger partial charge in [-0.15, -0.1) is 0 Å². The summed E-state index contributed by atoms with van der Waals surface area (Å²) < 4.78 is 1.48. The van der Waals surface area contributed by atoms with Crippen LogP contribution in [0.2, 0.25) is 0 Å². The number of halogens is 1. The molecule has 1 aromatic heterocycles. The third-order valence-corrected chi connectivity index (χ3v) is 2.34. The summed E-state index contributed by atoms with van der Waals surface area (Å²) >= 11 is 3.15. The summed E-state index contributed by atoms with van der Waals surface area (Å²) in [6.45, 7) is 0. The summed E-state index contributed by atoms with van der Waals surface area (Å²) in [4.78, 5) is 13.9. The number of nitrogens with zero attached hydrogens (tertiary/aromatic N) is 1. The monoisotopic (exact) mass is 200 g/mol. The summed E-state index contributed by atoms with van der Waals surface area (Å²) in [5.74, 6) is 0.0850. The van der Waals surface area contributed by atoms with Crippen LogP contribution in [0.3, 0.4) is 0 Å². The van der Waals surface area contributed by atoms with Crippen LogP contribution in [0.1, 0.15) is 5.69 Å². The van der Waals surface area contributed by atoms with Gasteiger partial charge in [-0.3, -0.25) is 4.79 Å². The standard InChI is InChI=1S/C6H5BrN2O/c7-9-5-1-2-8-4(5)3-6(9)10/h1-2,8H,3H2. The van der Waals surface area contributed by atoms with Gasteiger partial charge >= 0.3 is 0 Å². The van der Waals surface area contributed by atoms with Gasteiger partial charge in [-0.1, -0.05) is 0 Å². The average Bonchev–Trinajstić information content (AvgIpc) is 2.41. The molecule has 3 nitrogen and oxygen atoms in total. The summed E-state index contributed by atoms with van der Waals surface area (Å²) in [5.41, 5.74) is 1.92. The van der Waals surface area contributed by atoms with Crippen molar-refractivity contribution in [2.24, 2.45) is 0 Å². The Kier molecular flexibility index (Phi) is 1.11. The highest BCUT2D eigenvalue weighted by molar-refractivity contribution is 9.10. The minimum absolute atomic E-state index is 0.0850. The summed E-state index contributed by atoms with van der Waals surface area (Å²) in [5, 5.41) is 0. The molecule has 4 heteroatoms. The number of hydrogen-bond acceptors (Lipinski definition) is 1. The largest absolute Gasteiger partial charge is 0.363 e. The quantitative estimate of drug-likeness (QED) is 0.629. The first-order chi connectivity index (χ1) is 4.79. The number of aromatic nitrogens is 1. The molecule has 1 aliphatic rings. The minimum atomic E-state index is 0.0850. The summed E-state index contributed by atoms with van der Waals surface area (Å²) in [6.07, 6.45) is 2.30. The van der Waals surface area contributed by atoms with Crippen molar-refractivity contribution in [1.82, 2.24) is 4.98 Å². The van der Waals surface area contributed by atoms with E-state index in [4.69, 9.17) is 0 Å². The molecular formula is C6H5BrN2O. The molecule has 0 saturated carbocycles. The molecule has 0 atom stereocenters. The molecule has 52 valence electrons. The van der Waals surface area contributed by atoms with Crippen LogP contribution >= 0.6 is 16.1 Å². The molecule has 0 bridgehead atoms.